The number of anilines is 1. The summed E-state index contributed by atoms with van der Waals surface area (Å²) < 4.78 is 27.1. The molecule has 1 aromatic rings. The lowest BCUT2D eigenvalue weighted by Crippen LogP contribution is -2.36. The van der Waals surface area contributed by atoms with Crippen LogP contribution in [0, 0.1) is 11.6 Å². The second-order valence-corrected chi connectivity index (χ2v) is 5.32. The molecule has 2 nitrogen and oxygen atoms in total. The molecule has 0 saturated carbocycles. The Labute approximate surface area is 108 Å². The number of benzene rings is 1. The topological polar surface area (TPSA) is 15.3 Å². The van der Waals surface area contributed by atoms with E-state index in [1.165, 1.54) is 6.07 Å². The Bertz CT molecular complexity index is 404. The molecule has 0 spiro atoms. The summed E-state index contributed by atoms with van der Waals surface area (Å²) in [7, 11) is 2.07. The second kappa shape index (κ2) is 5.31. The number of halogens is 3. The Kier molecular flexibility index (Phi) is 3.99. The molecular formula is C12H15BrF2N2. The molecule has 0 atom stereocenters. The van der Waals surface area contributed by atoms with Gasteiger partial charge in [-0.05, 0) is 55.0 Å². The lowest BCUT2D eigenvalue weighted by molar-refractivity contribution is 0.263. The van der Waals surface area contributed by atoms with E-state index in [0.29, 0.717) is 0 Å². The second-order valence-electron chi connectivity index (χ2n) is 4.47. The van der Waals surface area contributed by atoms with Crippen molar-refractivity contribution in [3.05, 3.63) is 28.2 Å². The Morgan fingerprint density at radius 1 is 1.24 bits per heavy atom. The van der Waals surface area contributed by atoms with E-state index in [2.05, 4.69) is 33.2 Å². The Morgan fingerprint density at radius 3 is 2.53 bits per heavy atom. The zero-order chi connectivity index (χ0) is 12.4. The van der Waals surface area contributed by atoms with E-state index in [0.717, 1.165) is 32.0 Å². The highest BCUT2D eigenvalue weighted by atomic mass is 79.9. The van der Waals surface area contributed by atoms with Gasteiger partial charge in [0.2, 0.25) is 0 Å². The van der Waals surface area contributed by atoms with Crippen molar-refractivity contribution >= 4 is 21.6 Å². The van der Waals surface area contributed by atoms with Gasteiger partial charge in [0.1, 0.15) is 11.6 Å². The SMILES string of the molecule is CN1CCC(Nc2cc(F)c(Br)cc2F)CC1. The predicted molar refractivity (Wildman–Crippen MR) is 68.2 cm³/mol. The molecule has 1 fully saturated rings. The third kappa shape index (κ3) is 3.16. The van der Waals surface area contributed by atoms with Gasteiger partial charge in [0.05, 0.1) is 10.2 Å². The van der Waals surface area contributed by atoms with Crippen molar-refractivity contribution in [2.45, 2.75) is 18.9 Å². The minimum Gasteiger partial charge on any atom is -0.380 e. The van der Waals surface area contributed by atoms with Crippen molar-refractivity contribution in [2.24, 2.45) is 0 Å². The summed E-state index contributed by atoms with van der Waals surface area (Å²) in [6.45, 7) is 1.97. The van der Waals surface area contributed by atoms with E-state index in [1.807, 2.05) is 0 Å². The third-order valence-electron chi connectivity index (χ3n) is 3.09. The van der Waals surface area contributed by atoms with Crippen LogP contribution in [0.1, 0.15) is 12.8 Å². The molecule has 1 aliphatic heterocycles. The highest BCUT2D eigenvalue weighted by molar-refractivity contribution is 9.10. The molecule has 1 heterocycles. The van der Waals surface area contributed by atoms with Crippen molar-refractivity contribution < 1.29 is 8.78 Å². The van der Waals surface area contributed by atoms with Crippen LogP contribution in [-0.2, 0) is 0 Å². The van der Waals surface area contributed by atoms with Gasteiger partial charge >= 0.3 is 0 Å². The van der Waals surface area contributed by atoms with Crippen LogP contribution in [-0.4, -0.2) is 31.1 Å². The average Bonchev–Trinajstić information content (AvgIpc) is 2.29. The normalized spacial score (nSPS) is 18.4. The fourth-order valence-electron chi connectivity index (χ4n) is 2.01. The highest BCUT2D eigenvalue weighted by Crippen LogP contribution is 2.25. The standard InChI is InChI=1S/C12H15BrF2N2/c1-17-4-2-8(3-5-17)16-12-7-10(14)9(13)6-11(12)15/h6-8,16H,2-5H2,1H3. The first-order valence-electron chi connectivity index (χ1n) is 5.66. The summed E-state index contributed by atoms with van der Waals surface area (Å²) in [5.41, 5.74) is 0.250. The van der Waals surface area contributed by atoms with Crippen molar-refractivity contribution in [1.29, 1.82) is 0 Å². The summed E-state index contributed by atoms with van der Waals surface area (Å²) in [5, 5.41) is 3.08. The molecule has 2 rings (SSSR count). The smallest absolute Gasteiger partial charge is 0.147 e. The summed E-state index contributed by atoms with van der Waals surface area (Å²) in [5.74, 6) is -0.862. The molecule has 1 N–H and O–H groups in total. The largest absolute Gasteiger partial charge is 0.380 e. The molecular weight excluding hydrogens is 290 g/mol. The van der Waals surface area contributed by atoms with E-state index in [4.69, 9.17) is 0 Å². The van der Waals surface area contributed by atoms with E-state index in [9.17, 15) is 8.78 Å². The van der Waals surface area contributed by atoms with E-state index >= 15 is 0 Å². The molecule has 1 saturated heterocycles. The van der Waals surface area contributed by atoms with Gasteiger partial charge < -0.3 is 10.2 Å². The molecule has 94 valence electrons. The summed E-state index contributed by atoms with van der Waals surface area (Å²) in [4.78, 5) is 2.23. The fraction of sp³-hybridized carbons (Fsp3) is 0.500. The molecule has 0 aliphatic carbocycles. The average molecular weight is 305 g/mol. The highest BCUT2D eigenvalue weighted by Gasteiger charge is 2.18. The maximum atomic E-state index is 13.6. The minimum absolute atomic E-state index is 0.156. The maximum Gasteiger partial charge on any atom is 0.147 e. The van der Waals surface area contributed by atoms with E-state index in [1.54, 1.807) is 0 Å². The molecule has 0 bridgehead atoms. The van der Waals surface area contributed by atoms with Gasteiger partial charge in [-0.2, -0.15) is 0 Å². The quantitative estimate of drug-likeness (QED) is 0.844. The predicted octanol–water partition coefficient (Wildman–Crippen LogP) is 3.23. The first-order valence-corrected chi connectivity index (χ1v) is 6.45. The molecule has 5 heteroatoms. The maximum absolute atomic E-state index is 13.6. The van der Waals surface area contributed by atoms with Gasteiger partial charge in [-0.1, -0.05) is 0 Å². The van der Waals surface area contributed by atoms with E-state index < -0.39 is 11.6 Å². The number of hydrogen-bond donors (Lipinski definition) is 1. The van der Waals surface area contributed by atoms with Crippen LogP contribution >= 0.6 is 15.9 Å². The van der Waals surface area contributed by atoms with Crippen molar-refractivity contribution in [2.75, 3.05) is 25.5 Å². The van der Waals surface area contributed by atoms with Crippen LogP contribution in [0.4, 0.5) is 14.5 Å². The zero-order valence-electron chi connectivity index (χ0n) is 9.64. The Hall–Kier alpha value is -0.680. The van der Waals surface area contributed by atoms with Crippen LogP contribution in [0.25, 0.3) is 0 Å². The van der Waals surface area contributed by atoms with Crippen LogP contribution in [0.2, 0.25) is 0 Å². The monoisotopic (exact) mass is 304 g/mol. The van der Waals surface area contributed by atoms with Crippen molar-refractivity contribution in [1.82, 2.24) is 4.90 Å². The molecule has 0 amide bonds. The van der Waals surface area contributed by atoms with Gasteiger partial charge in [0.15, 0.2) is 0 Å². The van der Waals surface area contributed by atoms with Crippen LogP contribution in [0.5, 0.6) is 0 Å². The van der Waals surface area contributed by atoms with E-state index in [-0.39, 0.29) is 16.2 Å². The summed E-state index contributed by atoms with van der Waals surface area (Å²) in [6, 6.07) is 2.59. The Balaban J connectivity index is 2.06. The minimum atomic E-state index is -0.443. The first kappa shape index (κ1) is 12.8. The first-order chi connectivity index (χ1) is 8.06. The zero-order valence-corrected chi connectivity index (χ0v) is 11.2. The third-order valence-corrected chi connectivity index (χ3v) is 3.70. The summed E-state index contributed by atoms with van der Waals surface area (Å²) in [6.07, 6.45) is 1.90. The number of likely N-dealkylation sites (tertiary alicyclic amines) is 1. The number of nitrogens with zero attached hydrogens (tertiary/aromatic N) is 1. The van der Waals surface area contributed by atoms with Gasteiger partial charge in [0, 0.05) is 12.1 Å². The molecule has 1 aromatic carbocycles. The van der Waals surface area contributed by atoms with Gasteiger partial charge in [0.25, 0.3) is 0 Å². The lowest BCUT2D eigenvalue weighted by Gasteiger charge is -2.30. The fourth-order valence-corrected chi connectivity index (χ4v) is 2.32. The number of hydrogen-bond acceptors (Lipinski definition) is 2. The molecule has 0 radical (unpaired) electrons. The van der Waals surface area contributed by atoms with Gasteiger partial charge in [-0.3, -0.25) is 0 Å². The molecule has 0 unspecified atom stereocenters. The Morgan fingerprint density at radius 2 is 1.88 bits per heavy atom. The van der Waals surface area contributed by atoms with Crippen LogP contribution < -0.4 is 5.32 Å². The lowest BCUT2D eigenvalue weighted by atomic mass is 10.1. The number of rotatable bonds is 2. The number of piperidine rings is 1. The van der Waals surface area contributed by atoms with Crippen LogP contribution in [0.15, 0.2) is 16.6 Å². The molecule has 0 aromatic heterocycles. The molecule has 1 aliphatic rings. The van der Waals surface area contributed by atoms with Crippen molar-refractivity contribution in [3.8, 4) is 0 Å². The summed E-state index contributed by atoms with van der Waals surface area (Å²) >= 11 is 2.96. The molecule has 17 heavy (non-hydrogen) atoms. The van der Waals surface area contributed by atoms with Gasteiger partial charge in [-0.15, -0.1) is 0 Å². The van der Waals surface area contributed by atoms with Crippen LogP contribution in [0.3, 0.4) is 0 Å². The van der Waals surface area contributed by atoms with Gasteiger partial charge in [-0.25, -0.2) is 8.78 Å². The number of nitrogens with one attached hydrogen (secondary N) is 1. The van der Waals surface area contributed by atoms with Crippen molar-refractivity contribution in [3.63, 3.8) is 0 Å².